The highest BCUT2D eigenvalue weighted by Gasteiger charge is 2.17. The fourth-order valence-electron chi connectivity index (χ4n) is 2.82. The Morgan fingerprint density at radius 1 is 1.00 bits per heavy atom. The molecule has 1 heterocycles. The SMILES string of the molecule is O=C(Nc1c(F)cccc1Oc1ccccc1)c1ccn(-c2ccc([N+](=O)[O-])cc2)n1. The molecule has 154 valence electrons. The molecule has 4 rings (SSSR count). The molecule has 0 saturated heterocycles. The lowest BCUT2D eigenvalue weighted by atomic mass is 10.2. The van der Waals surface area contributed by atoms with Crippen molar-refractivity contribution in [1.82, 2.24) is 9.78 Å². The van der Waals surface area contributed by atoms with Crippen LogP contribution in [0.3, 0.4) is 0 Å². The number of halogens is 1. The van der Waals surface area contributed by atoms with E-state index >= 15 is 0 Å². The van der Waals surface area contributed by atoms with Crippen LogP contribution in [-0.2, 0) is 0 Å². The second-order valence-electron chi connectivity index (χ2n) is 6.40. The molecule has 4 aromatic rings. The van der Waals surface area contributed by atoms with E-state index in [9.17, 15) is 19.3 Å². The van der Waals surface area contributed by atoms with Gasteiger partial charge in [0.1, 0.15) is 11.4 Å². The summed E-state index contributed by atoms with van der Waals surface area (Å²) >= 11 is 0. The van der Waals surface area contributed by atoms with Gasteiger partial charge in [0.05, 0.1) is 10.6 Å². The second-order valence-corrected chi connectivity index (χ2v) is 6.40. The molecule has 1 amide bonds. The van der Waals surface area contributed by atoms with Gasteiger partial charge in [-0.3, -0.25) is 14.9 Å². The monoisotopic (exact) mass is 418 g/mol. The summed E-state index contributed by atoms with van der Waals surface area (Å²) in [6.07, 6.45) is 1.53. The van der Waals surface area contributed by atoms with Crippen LogP contribution in [0, 0.1) is 15.9 Å². The van der Waals surface area contributed by atoms with Crippen molar-refractivity contribution in [2.24, 2.45) is 0 Å². The number of aromatic nitrogens is 2. The summed E-state index contributed by atoms with van der Waals surface area (Å²) in [6.45, 7) is 0. The molecule has 0 radical (unpaired) electrons. The zero-order chi connectivity index (χ0) is 21.8. The number of carbonyl (C=O) groups is 1. The van der Waals surface area contributed by atoms with Crippen molar-refractivity contribution < 1.29 is 18.8 Å². The Kier molecular flexibility index (Phi) is 5.39. The zero-order valence-electron chi connectivity index (χ0n) is 15.9. The molecule has 1 aromatic heterocycles. The summed E-state index contributed by atoms with van der Waals surface area (Å²) in [7, 11) is 0. The summed E-state index contributed by atoms with van der Waals surface area (Å²) in [5.74, 6) is -0.652. The minimum Gasteiger partial charge on any atom is -0.455 e. The summed E-state index contributed by atoms with van der Waals surface area (Å²) in [6, 6.07) is 20.2. The lowest BCUT2D eigenvalue weighted by Gasteiger charge is -2.12. The van der Waals surface area contributed by atoms with Crippen LogP contribution < -0.4 is 10.1 Å². The number of carbonyl (C=O) groups excluding carboxylic acids is 1. The number of amides is 1. The Morgan fingerprint density at radius 2 is 1.74 bits per heavy atom. The molecule has 0 saturated carbocycles. The van der Waals surface area contributed by atoms with Crippen LogP contribution in [-0.4, -0.2) is 20.6 Å². The number of nitrogens with zero attached hydrogens (tertiary/aromatic N) is 3. The highest BCUT2D eigenvalue weighted by atomic mass is 19.1. The first-order chi connectivity index (χ1) is 15.0. The minimum absolute atomic E-state index is 0.0345. The van der Waals surface area contributed by atoms with Crippen molar-refractivity contribution in [1.29, 1.82) is 0 Å². The van der Waals surface area contributed by atoms with Gasteiger partial charge in [0.15, 0.2) is 17.3 Å². The topological polar surface area (TPSA) is 99.3 Å². The molecule has 0 spiro atoms. The molecule has 0 aliphatic rings. The van der Waals surface area contributed by atoms with E-state index in [1.165, 1.54) is 53.3 Å². The van der Waals surface area contributed by atoms with Gasteiger partial charge in [0.25, 0.3) is 11.6 Å². The molecule has 0 aliphatic carbocycles. The molecule has 0 bridgehead atoms. The van der Waals surface area contributed by atoms with E-state index in [-0.39, 0.29) is 22.8 Å². The first-order valence-electron chi connectivity index (χ1n) is 9.14. The largest absolute Gasteiger partial charge is 0.455 e. The summed E-state index contributed by atoms with van der Waals surface area (Å²) in [4.78, 5) is 22.9. The number of rotatable bonds is 6. The number of nitro groups is 1. The highest BCUT2D eigenvalue weighted by Crippen LogP contribution is 2.32. The number of anilines is 1. The first kappa shape index (κ1) is 19.8. The number of nitrogens with one attached hydrogen (secondary N) is 1. The lowest BCUT2D eigenvalue weighted by Crippen LogP contribution is -2.15. The van der Waals surface area contributed by atoms with Gasteiger partial charge in [-0.25, -0.2) is 9.07 Å². The Hall–Kier alpha value is -4.53. The lowest BCUT2D eigenvalue weighted by molar-refractivity contribution is -0.384. The van der Waals surface area contributed by atoms with Gasteiger partial charge in [-0.05, 0) is 42.5 Å². The Bertz CT molecular complexity index is 1240. The van der Waals surface area contributed by atoms with Crippen molar-refractivity contribution in [3.05, 3.63) is 107 Å². The molecule has 9 heteroatoms. The van der Waals surface area contributed by atoms with Crippen molar-refractivity contribution in [3.8, 4) is 17.2 Å². The van der Waals surface area contributed by atoms with Crippen LogP contribution in [0.4, 0.5) is 15.8 Å². The predicted molar refractivity (Wildman–Crippen MR) is 111 cm³/mol. The fraction of sp³-hybridized carbons (Fsp3) is 0. The van der Waals surface area contributed by atoms with Gasteiger partial charge in [0, 0.05) is 18.3 Å². The Labute approximate surface area is 175 Å². The molecule has 0 unspecified atom stereocenters. The minimum atomic E-state index is -0.656. The highest BCUT2D eigenvalue weighted by molar-refractivity contribution is 6.03. The van der Waals surface area contributed by atoms with Crippen LogP contribution >= 0.6 is 0 Å². The number of non-ortho nitro benzene ring substituents is 1. The standard InChI is InChI=1S/C22H15FN4O4/c23-18-7-4-8-20(31-17-5-2-1-3-6-17)21(18)24-22(28)19-13-14-26(25-19)15-9-11-16(12-10-15)27(29)30/h1-14H,(H,24,28). The van der Waals surface area contributed by atoms with Crippen molar-refractivity contribution in [3.63, 3.8) is 0 Å². The van der Waals surface area contributed by atoms with E-state index in [1.807, 2.05) is 6.07 Å². The first-order valence-corrected chi connectivity index (χ1v) is 9.14. The van der Waals surface area contributed by atoms with Gasteiger partial charge in [-0.2, -0.15) is 5.10 Å². The average molecular weight is 418 g/mol. The summed E-state index contributed by atoms with van der Waals surface area (Å²) in [5.41, 5.74) is 0.400. The normalized spacial score (nSPS) is 10.5. The average Bonchev–Trinajstić information content (AvgIpc) is 3.27. The number of para-hydroxylation sites is 2. The molecule has 8 nitrogen and oxygen atoms in total. The molecule has 1 N–H and O–H groups in total. The Balaban J connectivity index is 1.55. The molecular formula is C22H15FN4O4. The van der Waals surface area contributed by atoms with Crippen molar-refractivity contribution in [2.45, 2.75) is 0 Å². The molecule has 0 atom stereocenters. The van der Waals surface area contributed by atoms with E-state index < -0.39 is 16.6 Å². The van der Waals surface area contributed by atoms with Gasteiger partial charge in [-0.15, -0.1) is 0 Å². The predicted octanol–water partition coefficient (Wildman–Crippen LogP) is 4.96. The van der Waals surface area contributed by atoms with E-state index in [0.29, 0.717) is 11.4 Å². The maximum atomic E-state index is 14.4. The zero-order valence-corrected chi connectivity index (χ0v) is 15.9. The quantitative estimate of drug-likeness (QED) is 0.352. The van der Waals surface area contributed by atoms with Gasteiger partial charge in [0.2, 0.25) is 0 Å². The third-order valence-electron chi connectivity index (χ3n) is 4.33. The maximum absolute atomic E-state index is 14.4. The summed E-state index contributed by atoms with van der Waals surface area (Å²) < 4.78 is 21.5. The van der Waals surface area contributed by atoms with Crippen LogP contribution in [0.25, 0.3) is 5.69 Å². The number of benzene rings is 3. The van der Waals surface area contributed by atoms with Crippen molar-refractivity contribution >= 4 is 17.3 Å². The maximum Gasteiger partial charge on any atom is 0.276 e. The van der Waals surface area contributed by atoms with E-state index in [2.05, 4.69) is 10.4 Å². The van der Waals surface area contributed by atoms with Gasteiger partial charge >= 0.3 is 0 Å². The fourth-order valence-corrected chi connectivity index (χ4v) is 2.82. The number of hydrogen-bond donors (Lipinski definition) is 1. The van der Waals surface area contributed by atoms with Crippen LogP contribution in [0.2, 0.25) is 0 Å². The number of nitro benzene ring substituents is 1. The van der Waals surface area contributed by atoms with Crippen LogP contribution in [0.5, 0.6) is 11.5 Å². The third-order valence-corrected chi connectivity index (χ3v) is 4.33. The van der Waals surface area contributed by atoms with E-state index in [1.54, 1.807) is 30.3 Å². The Morgan fingerprint density at radius 3 is 2.45 bits per heavy atom. The van der Waals surface area contributed by atoms with Gasteiger partial charge < -0.3 is 10.1 Å². The summed E-state index contributed by atoms with van der Waals surface area (Å²) in [5, 5.41) is 17.4. The molecule has 3 aromatic carbocycles. The third kappa shape index (κ3) is 4.40. The smallest absolute Gasteiger partial charge is 0.276 e. The van der Waals surface area contributed by atoms with E-state index in [4.69, 9.17) is 4.74 Å². The molecule has 31 heavy (non-hydrogen) atoms. The van der Waals surface area contributed by atoms with Gasteiger partial charge in [-0.1, -0.05) is 24.3 Å². The molecule has 0 fully saturated rings. The van der Waals surface area contributed by atoms with Crippen molar-refractivity contribution in [2.75, 3.05) is 5.32 Å². The molecule has 0 aliphatic heterocycles. The second kappa shape index (κ2) is 8.46. The van der Waals surface area contributed by atoms with Crippen LogP contribution in [0.15, 0.2) is 85.1 Å². The number of hydrogen-bond acceptors (Lipinski definition) is 5. The molecular weight excluding hydrogens is 403 g/mol. The van der Waals surface area contributed by atoms with Crippen LogP contribution in [0.1, 0.15) is 10.5 Å². The number of ether oxygens (including phenoxy) is 1. The van der Waals surface area contributed by atoms with E-state index in [0.717, 1.165) is 0 Å².